The minimum atomic E-state index is 0.277. The van der Waals surface area contributed by atoms with E-state index in [2.05, 4.69) is 15.3 Å². The normalized spacial score (nSPS) is 11.7. The van der Waals surface area contributed by atoms with Gasteiger partial charge in [-0.05, 0) is 38.1 Å². The number of nitrogens with zero attached hydrogens (tertiary/aromatic N) is 2. The van der Waals surface area contributed by atoms with Crippen LogP contribution in [-0.4, -0.2) is 24.1 Å². The Hall–Kier alpha value is -2.08. The van der Waals surface area contributed by atoms with Crippen molar-refractivity contribution in [3.8, 4) is 16.3 Å². The molecule has 1 aromatic heterocycles. The van der Waals surface area contributed by atoms with Gasteiger partial charge >= 0.3 is 0 Å². The van der Waals surface area contributed by atoms with E-state index in [-0.39, 0.29) is 6.04 Å². The molecule has 0 saturated heterocycles. The van der Waals surface area contributed by atoms with Crippen LogP contribution in [0.25, 0.3) is 10.6 Å². The molecular weight excluding hydrogens is 284 g/mol. The van der Waals surface area contributed by atoms with Crippen molar-refractivity contribution in [1.29, 1.82) is 0 Å². The van der Waals surface area contributed by atoms with Crippen molar-refractivity contribution in [3.63, 3.8) is 0 Å². The molecule has 0 fully saturated rings. The molecule has 3 N–H and O–H groups in total. The van der Waals surface area contributed by atoms with Crippen molar-refractivity contribution < 1.29 is 4.74 Å². The Morgan fingerprint density at radius 2 is 2.10 bits per heavy atom. The molecule has 1 aromatic carbocycles. The Balaban J connectivity index is 2.03. The quantitative estimate of drug-likeness (QED) is 0.658. The maximum atomic E-state index is 5.77. The van der Waals surface area contributed by atoms with E-state index in [9.17, 15) is 0 Å². The molecule has 112 valence electrons. The number of rotatable bonds is 5. The van der Waals surface area contributed by atoms with Crippen LogP contribution in [0.1, 0.15) is 19.5 Å². The molecule has 0 bridgehead atoms. The van der Waals surface area contributed by atoms with Crippen molar-refractivity contribution in [2.75, 3.05) is 7.11 Å². The van der Waals surface area contributed by atoms with Crippen molar-refractivity contribution in [2.45, 2.75) is 26.4 Å². The molecule has 0 atom stereocenters. The number of benzene rings is 1. The lowest BCUT2D eigenvalue weighted by atomic mass is 10.2. The van der Waals surface area contributed by atoms with Gasteiger partial charge in [-0.1, -0.05) is 0 Å². The van der Waals surface area contributed by atoms with Gasteiger partial charge in [0.25, 0.3) is 0 Å². The largest absolute Gasteiger partial charge is 0.497 e. The topological polar surface area (TPSA) is 72.5 Å². The van der Waals surface area contributed by atoms with Crippen LogP contribution in [0, 0.1) is 0 Å². The average Bonchev–Trinajstić information content (AvgIpc) is 2.93. The smallest absolute Gasteiger partial charge is 0.189 e. The second kappa shape index (κ2) is 7.08. The highest BCUT2D eigenvalue weighted by molar-refractivity contribution is 7.13. The summed E-state index contributed by atoms with van der Waals surface area (Å²) in [6.45, 7) is 4.53. The number of nitrogens with two attached hydrogens (primary N) is 1. The predicted molar refractivity (Wildman–Crippen MR) is 87.7 cm³/mol. The number of guanidine groups is 1. The Bertz CT molecular complexity index is 604. The third-order valence-corrected chi connectivity index (χ3v) is 3.68. The monoisotopic (exact) mass is 304 g/mol. The molecule has 6 heteroatoms. The summed E-state index contributed by atoms with van der Waals surface area (Å²) in [6, 6.07) is 8.14. The lowest BCUT2D eigenvalue weighted by Gasteiger charge is -2.07. The fourth-order valence-electron chi connectivity index (χ4n) is 1.75. The molecule has 0 spiro atoms. The van der Waals surface area contributed by atoms with Gasteiger partial charge in [-0.2, -0.15) is 0 Å². The van der Waals surface area contributed by atoms with E-state index in [1.807, 2.05) is 43.5 Å². The van der Waals surface area contributed by atoms with Gasteiger partial charge < -0.3 is 15.8 Å². The van der Waals surface area contributed by atoms with Gasteiger partial charge in [0.2, 0.25) is 0 Å². The molecule has 0 radical (unpaired) electrons. The zero-order valence-corrected chi connectivity index (χ0v) is 13.3. The first-order valence-corrected chi connectivity index (χ1v) is 7.61. The van der Waals surface area contributed by atoms with E-state index >= 15 is 0 Å². The maximum Gasteiger partial charge on any atom is 0.189 e. The molecule has 0 saturated carbocycles. The van der Waals surface area contributed by atoms with Gasteiger partial charge in [0.05, 0.1) is 19.3 Å². The molecule has 0 aliphatic heterocycles. The van der Waals surface area contributed by atoms with Crippen molar-refractivity contribution >= 4 is 17.3 Å². The van der Waals surface area contributed by atoms with Crippen molar-refractivity contribution in [2.24, 2.45) is 10.7 Å². The number of nitrogens with one attached hydrogen (secondary N) is 1. The van der Waals surface area contributed by atoms with Crippen LogP contribution in [-0.2, 0) is 6.54 Å². The molecule has 5 nitrogen and oxygen atoms in total. The van der Waals surface area contributed by atoms with E-state index in [1.165, 1.54) is 0 Å². The molecule has 2 aromatic rings. The van der Waals surface area contributed by atoms with Gasteiger partial charge in [0.15, 0.2) is 5.96 Å². The summed E-state index contributed by atoms with van der Waals surface area (Å²) in [6.07, 6.45) is 0. The number of hydrogen-bond donors (Lipinski definition) is 2. The maximum absolute atomic E-state index is 5.77. The predicted octanol–water partition coefficient (Wildman–Crippen LogP) is 2.63. The molecule has 0 aliphatic rings. The Labute approximate surface area is 128 Å². The number of thiazole rings is 1. The van der Waals surface area contributed by atoms with E-state index in [1.54, 1.807) is 18.4 Å². The van der Waals surface area contributed by atoms with E-state index in [4.69, 9.17) is 10.5 Å². The summed E-state index contributed by atoms with van der Waals surface area (Å²) in [5.41, 5.74) is 7.76. The van der Waals surface area contributed by atoms with Crippen LogP contribution < -0.4 is 15.8 Å². The summed E-state index contributed by atoms with van der Waals surface area (Å²) in [5.74, 6) is 1.29. The van der Waals surface area contributed by atoms with E-state index < -0.39 is 0 Å². The third-order valence-electron chi connectivity index (χ3n) is 2.74. The van der Waals surface area contributed by atoms with Crippen LogP contribution in [0.2, 0.25) is 0 Å². The molecule has 0 unspecified atom stereocenters. The number of aliphatic imine (C=N–C) groups is 1. The van der Waals surface area contributed by atoms with Gasteiger partial charge in [-0.15, -0.1) is 11.3 Å². The zero-order valence-electron chi connectivity index (χ0n) is 12.5. The number of aromatic nitrogens is 1. The number of ether oxygens (including phenoxy) is 1. The van der Waals surface area contributed by atoms with Crippen molar-refractivity contribution in [3.05, 3.63) is 35.3 Å². The molecule has 21 heavy (non-hydrogen) atoms. The first-order chi connectivity index (χ1) is 10.1. The fraction of sp³-hybridized carbons (Fsp3) is 0.333. The lowest BCUT2D eigenvalue weighted by molar-refractivity contribution is 0.415. The summed E-state index contributed by atoms with van der Waals surface area (Å²) in [4.78, 5) is 8.85. The second-order valence-corrected chi connectivity index (χ2v) is 5.73. The van der Waals surface area contributed by atoms with Crippen LogP contribution in [0.4, 0.5) is 0 Å². The molecule has 2 rings (SSSR count). The Morgan fingerprint density at radius 3 is 2.71 bits per heavy atom. The standard InChI is InChI=1S/C15H20N4OS/c1-10(2)18-15(16)17-8-12-9-21-14(19-12)11-4-6-13(20-3)7-5-11/h4-7,9-10H,8H2,1-3H3,(H3,16,17,18). The highest BCUT2D eigenvalue weighted by Crippen LogP contribution is 2.25. The second-order valence-electron chi connectivity index (χ2n) is 4.87. The van der Waals surface area contributed by atoms with Gasteiger partial charge in [0, 0.05) is 17.0 Å². The van der Waals surface area contributed by atoms with Gasteiger partial charge in [-0.25, -0.2) is 9.98 Å². The van der Waals surface area contributed by atoms with Gasteiger partial charge in [-0.3, -0.25) is 0 Å². The minimum absolute atomic E-state index is 0.277. The fourth-order valence-corrected chi connectivity index (χ4v) is 2.57. The summed E-state index contributed by atoms with van der Waals surface area (Å²) in [5, 5.41) is 6.03. The van der Waals surface area contributed by atoms with Crippen LogP contribution in [0.3, 0.4) is 0 Å². The summed E-state index contributed by atoms with van der Waals surface area (Å²) < 4.78 is 5.15. The van der Waals surface area contributed by atoms with Crippen LogP contribution in [0.5, 0.6) is 5.75 Å². The molecular formula is C15H20N4OS. The average molecular weight is 304 g/mol. The highest BCUT2D eigenvalue weighted by atomic mass is 32.1. The van der Waals surface area contributed by atoms with Crippen LogP contribution in [0.15, 0.2) is 34.6 Å². The highest BCUT2D eigenvalue weighted by Gasteiger charge is 2.05. The zero-order chi connectivity index (χ0) is 15.2. The first-order valence-electron chi connectivity index (χ1n) is 6.73. The SMILES string of the molecule is COc1ccc(-c2nc(CN=C(N)NC(C)C)cs2)cc1. The summed E-state index contributed by atoms with van der Waals surface area (Å²) >= 11 is 1.60. The number of hydrogen-bond acceptors (Lipinski definition) is 4. The Kier molecular flexibility index (Phi) is 5.16. The van der Waals surface area contributed by atoms with Crippen molar-refractivity contribution in [1.82, 2.24) is 10.3 Å². The molecule has 0 amide bonds. The minimum Gasteiger partial charge on any atom is -0.497 e. The Morgan fingerprint density at radius 1 is 1.38 bits per heavy atom. The van der Waals surface area contributed by atoms with Crippen LogP contribution >= 0.6 is 11.3 Å². The molecule has 0 aliphatic carbocycles. The van der Waals surface area contributed by atoms with E-state index in [0.717, 1.165) is 22.0 Å². The summed E-state index contributed by atoms with van der Waals surface area (Å²) in [7, 11) is 1.66. The lowest BCUT2D eigenvalue weighted by Crippen LogP contribution is -2.36. The van der Waals surface area contributed by atoms with E-state index in [0.29, 0.717) is 12.5 Å². The van der Waals surface area contributed by atoms with Gasteiger partial charge in [0.1, 0.15) is 10.8 Å². The third kappa shape index (κ3) is 4.46. The molecule has 1 heterocycles. The first kappa shape index (κ1) is 15.3. The number of methoxy groups -OCH3 is 1.